The van der Waals surface area contributed by atoms with Crippen LogP contribution in [-0.2, 0) is 0 Å². The van der Waals surface area contributed by atoms with Gasteiger partial charge in [-0.1, -0.05) is 17.7 Å². The van der Waals surface area contributed by atoms with Gasteiger partial charge in [-0.25, -0.2) is 0 Å². The van der Waals surface area contributed by atoms with Gasteiger partial charge in [0.15, 0.2) is 5.58 Å². The van der Waals surface area contributed by atoms with E-state index in [0.717, 1.165) is 16.8 Å². The van der Waals surface area contributed by atoms with Gasteiger partial charge in [0.25, 0.3) is 6.01 Å². The standard InChI is InChI=1S/C14H13N3O/c1-9-2-5-11(6-3-9)16-14-17-12-8-10(15)4-7-13(12)18-14/h2-8H,15H2,1H3,(H,16,17). The highest BCUT2D eigenvalue weighted by Gasteiger charge is 2.05. The summed E-state index contributed by atoms with van der Waals surface area (Å²) in [5.74, 6) is 0. The number of anilines is 3. The van der Waals surface area contributed by atoms with Gasteiger partial charge in [-0.15, -0.1) is 0 Å². The molecule has 0 bridgehead atoms. The number of aryl methyl sites for hydroxylation is 1. The second-order valence-electron chi connectivity index (χ2n) is 4.24. The zero-order valence-electron chi connectivity index (χ0n) is 9.97. The maximum Gasteiger partial charge on any atom is 0.300 e. The molecule has 0 saturated heterocycles. The zero-order chi connectivity index (χ0) is 12.5. The van der Waals surface area contributed by atoms with Crippen LogP contribution in [0.5, 0.6) is 0 Å². The molecule has 4 nitrogen and oxygen atoms in total. The van der Waals surface area contributed by atoms with Gasteiger partial charge in [-0.05, 0) is 37.3 Å². The fraction of sp³-hybridized carbons (Fsp3) is 0.0714. The summed E-state index contributed by atoms with van der Waals surface area (Å²) >= 11 is 0. The van der Waals surface area contributed by atoms with Crippen LogP contribution in [0.2, 0.25) is 0 Å². The molecule has 0 aliphatic rings. The highest BCUT2D eigenvalue weighted by molar-refractivity contribution is 5.78. The number of nitrogens with one attached hydrogen (secondary N) is 1. The van der Waals surface area contributed by atoms with Crippen molar-refractivity contribution in [3.05, 3.63) is 48.0 Å². The third kappa shape index (κ3) is 2.00. The second kappa shape index (κ2) is 4.07. The molecule has 0 aliphatic carbocycles. The second-order valence-corrected chi connectivity index (χ2v) is 4.24. The van der Waals surface area contributed by atoms with Crippen molar-refractivity contribution in [3.63, 3.8) is 0 Å². The van der Waals surface area contributed by atoms with Crippen molar-refractivity contribution in [1.29, 1.82) is 0 Å². The molecule has 0 atom stereocenters. The molecular weight excluding hydrogens is 226 g/mol. The molecule has 0 aliphatic heterocycles. The van der Waals surface area contributed by atoms with Crippen molar-refractivity contribution in [1.82, 2.24) is 4.98 Å². The molecule has 4 heteroatoms. The van der Waals surface area contributed by atoms with Gasteiger partial charge >= 0.3 is 0 Å². The van der Waals surface area contributed by atoms with Crippen LogP contribution in [0.3, 0.4) is 0 Å². The van der Waals surface area contributed by atoms with E-state index in [-0.39, 0.29) is 0 Å². The van der Waals surface area contributed by atoms with Crippen molar-refractivity contribution < 1.29 is 4.42 Å². The summed E-state index contributed by atoms with van der Waals surface area (Å²) in [7, 11) is 0. The molecule has 3 aromatic rings. The highest BCUT2D eigenvalue weighted by atomic mass is 16.4. The Morgan fingerprint density at radius 1 is 1.11 bits per heavy atom. The maximum atomic E-state index is 5.70. The van der Waals surface area contributed by atoms with E-state index in [0.29, 0.717) is 11.7 Å². The lowest BCUT2D eigenvalue weighted by atomic mass is 10.2. The van der Waals surface area contributed by atoms with Crippen LogP contribution < -0.4 is 11.1 Å². The van der Waals surface area contributed by atoms with Gasteiger partial charge in [-0.3, -0.25) is 0 Å². The molecule has 3 N–H and O–H groups in total. The summed E-state index contributed by atoms with van der Waals surface area (Å²) in [6, 6.07) is 13.9. The Hall–Kier alpha value is -2.49. The van der Waals surface area contributed by atoms with E-state index >= 15 is 0 Å². The molecule has 2 aromatic carbocycles. The number of oxazole rings is 1. The van der Waals surface area contributed by atoms with E-state index in [9.17, 15) is 0 Å². The van der Waals surface area contributed by atoms with Crippen LogP contribution in [0, 0.1) is 6.92 Å². The van der Waals surface area contributed by atoms with Gasteiger partial charge in [0.1, 0.15) is 5.52 Å². The third-order valence-corrected chi connectivity index (χ3v) is 2.71. The summed E-state index contributed by atoms with van der Waals surface area (Å²) in [5, 5.41) is 3.12. The molecule has 18 heavy (non-hydrogen) atoms. The summed E-state index contributed by atoms with van der Waals surface area (Å²) < 4.78 is 5.58. The normalized spacial score (nSPS) is 10.7. The van der Waals surface area contributed by atoms with E-state index in [2.05, 4.69) is 10.3 Å². The number of fused-ring (bicyclic) bond motifs is 1. The Balaban J connectivity index is 1.92. The molecule has 90 valence electrons. The molecule has 0 spiro atoms. The lowest BCUT2D eigenvalue weighted by molar-refractivity contribution is 0.623. The quantitative estimate of drug-likeness (QED) is 0.672. The van der Waals surface area contributed by atoms with E-state index in [1.165, 1.54) is 5.56 Å². The van der Waals surface area contributed by atoms with Crippen LogP contribution in [0.15, 0.2) is 46.9 Å². The third-order valence-electron chi connectivity index (χ3n) is 2.71. The predicted octanol–water partition coefficient (Wildman–Crippen LogP) is 3.46. The Morgan fingerprint density at radius 2 is 1.89 bits per heavy atom. The Labute approximate surface area is 104 Å². The van der Waals surface area contributed by atoms with E-state index in [1.54, 1.807) is 12.1 Å². The summed E-state index contributed by atoms with van der Waals surface area (Å²) in [4.78, 5) is 4.33. The Morgan fingerprint density at radius 3 is 2.67 bits per heavy atom. The Bertz CT molecular complexity index is 686. The first-order valence-corrected chi connectivity index (χ1v) is 5.70. The number of aromatic nitrogens is 1. The van der Waals surface area contributed by atoms with Gasteiger partial charge in [-0.2, -0.15) is 4.98 Å². The molecule has 0 saturated carbocycles. The number of rotatable bonds is 2. The SMILES string of the molecule is Cc1ccc(Nc2nc3cc(N)ccc3o2)cc1. The smallest absolute Gasteiger partial charge is 0.300 e. The number of hydrogen-bond donors (Lipinski definition) is 2. The average molecular weight is 239 g/mol. The molecule has 1 heterocycles. The summed E-state index contributed by atoms with van der Waals surface area (Å²) in [6.45, 7) is 2.05. The number of nitrogens with zero attached hydrogens (tertiary/aromatic N) is 1. The van der Waals surface area contributed by atoms with Crippen molar-refractivity contribution >= 4 is 28.5 Å². The fourth-order valence-electron chi connectivity index (χ4n) is 1.76. The van der Waals surface area contributed by atoms with Crippen LogP contribution in [0.1, 0.15) is 5.56 Å². The Kier molecular flexibility index (Phi) is 2.41. The fourth-order valence-corrected chi connectivity index (χ4v) is 1.76. The van der Waals surface area contributed by atoms with Crippen molar-refractivity contribution in [2.45, 2.75) is 6.92 Å². The zero-order valence-corrected chi connectivity index (χ0v) is 9.97. The van der Waals surface area contributed by atoms with E-state index in [4.69, 9.17) is 10.2 Å². The number of benzene rings is 2. The molecule has 1 aromatic heterocycles. The van der Waals surface area contributed by atoms with Crippen molar-refractivity contribution in [2.24, 2.45) is 0 Å². The first-order valence-electron chi connectivity index (χ1n) is 5.70. The van der Waals surface area contributed by atoms with Crippen LogP contribution in [-0.4, -0.2) is 4.98 Å². The number of hydrogen-bond acceptors (Lipinski definition) is 4. The first-order chi connectivity index (χ1) is 8.70. The first kappa shape index (κ1) is 10.7. The summed E-state index contributed by atoms with van der Waals surface area (Å²) in [6.07, 6.45) is 0. The molecule has 0 unspecified atom stereocenters. The van der Waals surface area contributed by atoms with Gasteiger partial charge in [0.2, 0.25) is 0 Å². The van der Waals surface area contributed by atoms with Gasteiger partial charge < -0.3 is 15.5 Å². The number of nitrogens with two attached hydrogens (primary N) is 1. The average Bonchev–Trinajstić information content (AvgIpc) is 2.73. The minimum atomic E-state index is 0.472. The lowest BCUT2D eigenvalue weighted by Gasteiger charge is -2.00. The molecule has 3 rings (SSSR count). The van der Waals surface area contributed by atoms with Crippen molar-refractivity contribution in [2.75, 3.05) is 11.1 Å². The van der Waals surface area contributed by atoms with Gasteiger partial charge in [0, 0.05) is 11.4 Å². The summed E-state index contributed by atoms with van der Waals surface area (Å²) in [5.41, 5.74) is 10.0. The largest absolute Gasteiger partial charge is 0.423 e. The van der Waals surface area contributed by atoms with E-state index in [1.807, 2.05) is 37.3 Å². The lowest BCUT2D eigenvalue weighted by Crippen LogP contribution is -1.89. The van der Waals surface area contributed by atoms with Crippen LogP contribution in [0.4, 0.5) is 17.4 Å². The maximum absolute atomic E-state index is 5.70. The van der Waals surface area contributed by atoms with E-state index < -0.39 is 0 Å². The van der Waals surface area contributed by atoms with Gasteiger partial charge in [0.05, 0.1) is 0 Å². The van der Waals surface area contributed by atoms with Crippen LogP contribution >= 0.6 is 0 Å². The predicted molar refractivity (Wildman–Crippen MR) is 72.9 cm³/mol. The molecular formula is C14H13N3O. The minimum Gasteiger partial charge on any atom is -0.423 e. The molecule has 0 fully saturated rings. The monoisotopic (exact) mass is 239 g/mol. The highest BCUT2D eigenvalue weighted by Crippen LogP contribution is 2.23. The number of nitrogen functional groups attached to an aromatic ring is 1. The molecule has 0 amide bonds. The van der Waals surface area contributed by atoms with Crippen LogP contribution in [0.25, 0.3) is 11.1 Å². The van der Waals surface area contributed by atoms with Crippen molar-refractivity contribution in [3.8, 4) is 0 Å². The minimum absolute atomic E-state index is 0.472. The topological polar surface area (TPSA) is 64.1 Å². The molecule has 0 radical (unpaired) electrons.